The van der Waals surface area contributed by atoms with E-state index in [0.29, 0.717) is 17.7 Å². The van der Waals surface area contributed by atoms with Crippen LogP contribution in [0.15, 0.2) is 24.3 Å². The first-order valence-electron chi connectivity index (χ1n) is 7.43. The topological polar surface area (TPSA) is 87.3 Å². The molecule has 0 aliphatic rings. The van der Waals surface area contributed by atoms with Crippen LogP contribution in [-0.2, 0) is 9.59 Å². The Morgan fingerprint density at radius 2 is 1.68 bits per heavy atom. The third-order valence-electron chi connectivity index (χ3n) is 3.19. The molecule has 1 aromatic carbocycles. The van der Waals surface area contributed by atoms with Crippen LogP contribution in [0.3, 0.4) is 0 Å². The Kier molecular flexibility index (Phi) is 7.08. The van der Waals surface area contributed by atoms with E-state index in [9.17, 15) is 14.4 Å². The highest BCUT2D eigenvalue weighted by atomic mass is 16.2. The van der Waals surface area contributed by atoms with Crippen molar-refractivity contribution in [3.05, 3.63) is 29.8 Å². The van der Waals surface area contributed by atoms with Crippen molar-refractivity contribution in [2.45, 2.75) is 39.7 Å². The summed E-state index contributed by atoms with van der Waals surface area (Å²) < 4.78 is 0. The second kappa shape index (κ2) is 8.81. The van der Waals surface area contributed by atoms with E-state index in [-0.39, 0.29) is 30.3 Å². The SMILES string of the molecule is CCC(=O)NCC(=O)Nc1ccc(C(=O)NC(C)CC)cc1. The molecule has 0 aliphatic carbocycles. The van der Waals surface area contributed by atoms with Crippen molar-refractivity contribution >= 4 is 23.4 Å². The summed E-state index contributed by atoms with van der Waals surface area (Å²) in [5, 5.41) is 8.02. The Morgan fingerprint density at radius 3 is 2.23 bits per heavy atom. The monoisotopic (exact) mass is 305 g/mol. The quantitative estimate of drug-likeness (QED) is 0.716. The fourth-order valence-corrected chi connectivity index (χ4v) is 1.62. The molecule has 1 aromatic rings. The molecule has 1 unspecified atom stereocenters. The first-order valence-corrected chi connectivity index (χ1v) is 7.43. The largest absolute Gasteiger partial charge is 0.350 e. The molecule has 0 aromatic heterocycles. The Hall–Kier alpha value is -2.37. The first-order chi connectivity index (χ1) is 10.5. The van der Waals surface area contributed by atoms with Crippen LogP contribution in [0.4, 0.5) is 5.69 Å². The third-order valence-corrected chi connectivity index (χ3v) is 3.19. The molecule has 6 heteroatoms. The predicted octanol–water partition coefficient (Wildman–Crippen LogP) is 1.68. The lowest BCUT2D eigenvalue weighted by molar-refractivity contribution is -0.123. The number of benzene rings is 1. The van der Waals surface area contributed by atoms with Crippen LogP contribution in [0.2, 0.25) is 0 Å². The third kappa shape index (κ3) is 5.95. The van der Waals surface area contributed by atoms with Crippen molar-refractivity contribution in [2.75, 3.05) is 11.9 Å². The van der Waals surface area contributed by atoms with Gasteiger partial charge in [0.2, 0.25) is 11.8 Å². The van der Waals surface area contributed by atoms with Crippen LogP contribution >= 0.6 is 0 Å². The Bertz CT molecular complexity index is 526. The summed E-state index contributed by atoms with van der Waals surface area (Å²) in [6, 6.07) is 6.74. The van der Waals surface area contributed by atoms with Crippen LogP contribution in [0.25, 0.3) is 0 Å². The lowest BCUT2D eigenvalue weighted by Crippen LogP contribution is -2.32. The van der Waals surface area contributed by atoms with Crippen LogP contribution in [0, 0.1) is 0 Å². The summed E-state index contributed by atoms with van der Waals surface area (Å²) in [5.74, 6) is -0.617. The average Bonchev–Trinajstić information content (AvgIpc) is 2.52. The van der Waals surface area contributed by atoms with Gasteiger partial charge in [-0.1, -0.05) is 13.8 Å². The number of hydrogen-bond acceptors (Lipinski definition) is 3. The molecule has 3 amide bonds. The second-order valence-electron chi connectivity index (χ2n) is 5.04. The zero-order valence-corrected chi connectivity index (χ0v) is 13.2. The first kappa shape index (κ1) is 17.7. The molecule has 0 radical (unpaired) electrons. The summed E-state index contributed by atoms with van der Waals surface area (Å²) in [6.45, 7) is 5.59. The smallest absolute Gasteiger partial charge is 0.251 e. The van der Waals surface area contributed by atoms with E-state index in [1.807, 2.05) is 13.8 Å². The summed E-state index contributed by atoms with van der Waals surface area (Å²) >= 11 is 0. The van der Waals surface area contributed by atoms with E-state index in [2.05, 4.69) is 16.0 Å². The van der Waals surface area contributed by atoms with Gasteiger partial charge in [0.15, 0.2) is 0 Å². The van der Waals surface area contributed by atoms with Crippen molar-refractivity contribution in [2.24, 2.45) is 0 Å². The van der Waals surface area contributed by atoms with Crippen LogP contribution in [0.1, 0.15) is 44.0 Å². The van der Waals surface area contributed by atoms with Gasteiger partial charge in [-0.3, -0.25) is 14.4 Å². The van der Waals surface area contributed by atoms with Crippen molar-refractivity contribution in [1.29, 1.82) is 0 Å². The van der Waals surface area contributed by atoms with Gasteiger partial charge in [-0.2, -0.15) is 0 Å². The molecule has 3 N–H and O–H groups in total. The van der Waals surface area contributed by atoms with Gasteiger partial charge in [-0.05, 0) is 37.6 Å². The lowest BCUT2D eigenvalue weighted by Gasteiger charge is -2.12. The highest BCUT2D eigenvalue weighted by molar-refractivity contribution is 5.97. The Balaban J connectivity index is 2.52. The van der Waals surface area contributed by atoms with Crippen molar-refractivity contribution in [1.82, 2.24) is 10.6 Å². The molecule has 0 bridgehead atoms. The molecule has 1 atom stereocenters. The van der Waals surface area contributed by atoms with Crippen LogP contribution in [0.5, 0.6) is 0 Å². The number of rotatable bonds is 7. The Labute approximate surface area is 130 Å². The molecular weight excluding hydrogens is 282 g/mol. The Morgan fingerprint density at radius 1 is 1.05 bits per heavy atom. The molecule has 0 fully saturated rings. The number of nitrogens with one attached hydrogen (secondary N) is 3. The molecule has 0 heterocycles. The maximum atomic E-state index is 11.9. The summed E-state index contributed by atoms with van der Waals surface area (Å²) in [6.07, 6.45) is 1.20. The minimum absolute atomic E-state index is 0.0665. The van der Waals surface area contributed by atoms with Gasteiger partial charge in [-0.25, -0.2) is 0 Å². The molecule has 0 aliphatic heterocycles. The van der Waals surface area contributed by atoms with Gasteiger partial charge in [0.05, 0.1) is 6.54 Å². The van der Waals surface area contributed by atoms with Gasteiger partial charge < -0.3 is 16.0 Å². The molecule has 1 rings (SSSR count). The van der Waals surface area contributed by atoms with E-state index >= 15 is 0 Å². The second-order valence-corrected chi connectivity index (χ2v) is 5.04. The highest BCUT2D eigenvalue weighted by Gasteiger charge is 2.09. The minimum Gasteiger partial charge on any atom is -0.350 e. The molecule has 0 spiro atoms. The van der Waals surface area contributed by atoms with Crippen molar-refractivity contribution < 1.29 is 14.4 Å². The number of hydrogen-bond donors (Lipinski definition) is 3. The van der Waals surface area contributed by atoms with E-state index in [0.717, 1.165) is 6.42 Å². The summed E-state index contributed by atoms with van der Waals surface area (Å²) in [4.78, 5) is 34.6. The zero-order chi connectivity index (χ0) is 16.5. The molecule has 0 saturated carbocycles. The van der Waals surface area contributed by atoms with Gasteiger partial charge >= 0.3 is 0 Å². The van der Waals surface area contributed by atoms with Crippen molar-refractivity contribution in [3.8, 4) is 0 Å². The van der Waals surface area contributed by atoms with Crippen LogP contribution in [-0.4, -0.2) is 30.3 Å². The number of anilines is 1. The van der Waals surface area contributed by atoms with E-state index < -0.39 is 0 Å². The van der Waals surface area contributed by atoms with Gasteiger partial charge in [-0.15, -0.1) is 0 Å². The summed E-state index contributed by atoms with van der Waals surface area (Å²) in [7, 11) is 0. The van der Waals surface area contributed by atoms with Gasteiger partial charge in [0.25, 0.3) is 5.91 Å². The molecule has 6 nitrogen and oxygen atoms in total. The fraction of sp³-hybridized carbons (Fsp3) is 0.438. The molecule has 22 heavy (non-hydrogen) atoms. The van der Waals surface area contributed by atoms with Crippen LogP contribution < -0.4 is 16.0 Å². The zero-order valence-electron chi connectivity index (χ0n) is 13.2. The van der Waals surface area contributed by atoms with Gasteiger partial charge in [0.1, 0.15) is 0 Å². The maximum absolute atomic E-state index is 11.9. The van der Waals surface area contributed by atoms with Gasteiger partial charge in [0, 0.05) is 23.7 Å². The van der Waals surface area contributed by atoms with E-state index in [1.165, 1.54) is 0 Å². The minimum atomic E-state index is -0.307. The van der Waals surface area contributed by atoms with Crippen molar-refractivity contribution in [3.63, 3.8) is 0 Å². The van der Waals surface area contributed by atoms with E-state index in [1.54, 1.807) is 31.2 Å². The highest BCUT2D eigenvalue weighted by Crippen LogP contribution is 2.09. The molecule has 120 valence electrons. The number of carbonyl (C=O) groups is 3. The summed E-state index contributed by atoms with van der Waals surface area (Å²) in [5.41, 5.74) is 1.12. The maximum Gasteiger partial charge on any atom is 0.251 e. The molecular formula is C16H23N3O3. The van der Waals surface area contributed by atoms with E-state index in [4.69, 9.17) is 0 Å². The lowest BCUT2D eigenvalue weighted by atomic mass is 10.1. The fourth-order valence-electron chi connectivity index (χ4n) is 1.62. The predicted molar refractivity (Wildman–Crippen MR) is 85.6 cm³/mol. The molecule has 0 saturated heterocycles. The standard InChI is InChI=1S/C16H23N3O3/c1-4-11(3)18-16(22)12-6-8-13(9-7-12)19-15(21)10-17-14(20)5-2/h6-9,11H,4-5,10H2,1-3H3,(H,17,20)(H,18,22)(H,19,21). The number of amides is 3. The number of carbonyl (C=O) groups excluding carboxylic acids is 3. The normalized spacial score (nSPS) is 11.4. The average molecular weight is 305 g/mol.